The Morgan fingerprint density at radius 1 is 1.25 bits per heavy atom. The topological polar surface area (TPSA) is 85.9 Å². The molecule has 3 aromatic rings. The van der Waals surface area contributed by atoms with Crippen LogP contribution in [-0.4, -0.2) is 46.5 Å². The van der Waals surface area contributed by atoms with Gasteiger partial charge < -0.3 is 20.5 Å². The molecule has 1 aliphatic rings. The van der Waals surface area contributed by atoms with Crippen molar-refractivity contribution in [2.75, 3.05) is 29.9 Å². The summed E-state index contributed by atoms with van der Waals surface area (Å²) < 4.78 is 0. The number of amides is 1. The molecule has 0 radical (unpaired) electrons. The molecule has 9 heteroatoms. The summed E-state index contributed by atoms with van der Waals surface area (Å²) in [5, 5.41) is 8.21. The van der Waals surface area contributed by atoms with Crippen molar-refractivity contribution >= 4 is 51.6 Å². The number of carbonyl (C=O) groups excluding carboxylic acids is 1. The van der Waals surface area contributed by atoms with E-state index in [-0.39, 0.29) is 18.5 Å². The molecule has 3 heterocycles. The van der Waals surface area contributed by atoms with Gasteiger partial charge in [0.25, 0.3) is 0 Å². The fraction of sp³-hybridized carbons (Fsp3) is 0.316. The highest BCUT2D eigenvalue weighted by atomic mass is 35.5. The number of fused-ring (bicyclic) bond motifs is 1. The van der Waals surface area contributed by atoms with Gasteiger partial charge in [0.2, 0.25) is 5.91 Å². The van der Waals surface area contributed by atoms with Crippen LogP contribution in [-0.2, 0) is 4.79 Å². The molecule has 0 saturated carbocycles. The maximum Gasteiger partial charge on any atom is 0.239 e. The second-order valence-corrected chi connectivity index (χ2v) is 7.67. The lowest BCUT2D eigenvalue weighted by molar-refractivity contribution is -0.120. The maximum atomic E-state index is 12.4. The summed E-state index contributed by atoms with van der Waals surface area (Å²) in [7, 11) is 0. The Kier molecular flexibility index (Phi) is 5.54. The minimum absolute atomic E-state index is 0.0648. The van der Waals surface area contributed by atoms with Crippen LogP contribution in [0, 0.1) is 0 Å². The molecule has 1 amide bonds. The van der Waals surface area contributed by atoms with E-state index in [1.54, 1.807) is 24.5 Å². The van der Waals surface area contributed by atoms with Gasteiger partial charge in [0.15, 0.2) is 0 Å². The lowest BCUT2D eigenvalue weighted by Crippen LogP contribution is -2.49. The Morgan fingerprint density at radius 3 is 2.89 bits per heavy atom. The number of carbonyl (C=O) groups is 1. The number of hydrogen-bond acceptors (Lipinski definition) is 5. The average Bonchev–Trinajstić information content (AvgIpc) is 3.15. The van der Waals surface area contributed by atoms with Crippen LogP contribution in [0.15, 0.2) is 36.8 Å². The number of benzene rings is 1. The monoisotopic (exact) mass is 418 g/mol. The largest absolute Gasteiger partial charge is 0.376 e. The van der Waals surface area contributed by atoms with Crippen LogP contribution in [0.5, 0.6) is 0 Å². The van der Waals surface area contributed by atoms with Crippen molar-refractivity contribution in [2.24, 2.45) is 0 Å². The van der Waals surface area contributed by atoms with Gasteiger partial charge >= 0.3 is 0 Å². The van der Waals surface area contributed by atoms with Gasteiger partial charge in [-0.1, -0.05) is 23.2 Å². The summed E-state index contributed by atoms with van der Waals surface area (Å²) in [6.07, 6.45) is 5.35. The quantitative estimate of drug-likeness (QED) is 0.590. The smallest absolute Gasteiger partial charge is 0.239 e. The van der Waals surface area contributed by atoms with Gasteiger partial charge in [0, 0.05) is 41.1 Å². The van der Waals surface area contributed by atoms with Crippen molar-refractivity contribution < 1.29 is 4.79 Å². The van der Waals surface area contributed by atoms with Crippen molar-refractivity contribution in [3.63, 3.8) is 0 Å². The highest BCUT2D eigenvalue weighted by Crippen LogP contribution is 2.25. The summed E-state index contributed by atoms with van der Waals surface area (Å²) in [5.74, 6) is 0.828. The molecule has 0 bridgehead atoms. The molecule has 1 aromatic carbocycles. The Hall–Kier alpha value is -2.51. The molecule has 7 nitrogen and oxygen atoms in total. The molecule has 1 aliphatic heterocycles. The second-order valence-electron chi connectivity index (χ2n) is 6.80. The molecule has 1 atom stereocenters. The van der Waals surface area contributed by atoms with Gasteiger partial charge in [-0.3, -0.25) is 4.79 Å². The van der Waals surface area contributed by atoms with Crippen molar-refractivity contribution in [2.45, 2.75) is 18.9 Å². The van der Waals surface area contributed by atoms with Gasteiger partial charge in [-0.15, -0.1) is 0 Å². The fourth-order valence-corrected chi connectivity index (χ4v) is 4.04. The molecule has 146 valence electrons. The van der Waals surface area contributed by atoms with Crippen LogP contribution in [0.3, 0.4) is 0 Å². The number of halogens is 2. The average molecular weight is 419 g/mol. The molecular weight excluding hydrogens is 399 g/mol. The zero-order valence-electron chi connectivity index (χ0n) is 15.1. The van der Waals surface area contributed by atoms with E-state index in [1.165, 1.54) is 0 Å². The Bertz CT molecular complexity index is 971. The third-order valence-electron chi connectivity index (χ3n) is 4.73. The minimum atomic E-state index is -0.0718. The van der Waals surface area contributed by atoms with Crippen molar-refractivity contribution in [1.29, 1.82) is 0 Å². The predicted octanol–water partition coefficient (Wildman–Crippen LogP) is 3.46. The lowest BCUT2D eigenvalue weighted by Gasteiger charge is -2.34. The first-order valence-electron chi connectivity index (χ1n) is 9.11. The maximum absolute atomic E-state index is 12.4. The SMILES string of the molecule is O=C(CNc1cc(Cl)cc(Cl)c1)N[C@@H]1CCCN(c2ncnc3[nH]ccc23)C1. The standard InChI is InChI=1S/C19H20Cl2N6O/c20-12-6-13(21)8-15(7-12)23-9-17(28)26-14-2-1-5-27(10-14)19-16-3-4-22-18(16)24-11-25-19/h3-4,6-8,11,14,23H,1-2,5,9-10H2,(H,26,28)(H,22,24,25)/t14-/m1/s1. The van der Waals surface area contributed by atoms with Gasteiger partial charge in [0.1, 0.15) is 17.8 Å². The van der Waals surface area contributed by atoms with Crippen LogP contribution < -0.4 is 15.5 Å². The van der Waals surface area contributed by atoms with E-state index in [0.29, 0.717) is 22.3 Å². The van der Waals surface area contributed by atoms with Crippen molar-refractivity contribution in [3.8, 4) is 0 Å². The summed E-state index contributed by atoms with van der Waals surface area (Å²) in [6, 6.07) is 7.17. The molecule has 0 aliphatic carbocycles. The molecule has 28 heavy (non-hydrogen) atoms. The van der Waals surface area contributed by atoms with Gasteiger partial charge in [-0.05, 0) is 37.1 Å². The number of rotatable bonds is 5. The summed E-state index contributed by atoms with van der Waals surface area (Å²) >= 11 is 12.0. The highest BCUT2D eigenvalue weighted by molar-refractivity contribution is 6.35. The summed E-state index contributed by atoms with van der Waals surface area (Å²) in [5.41, 5.74) is 1.54. The molecule has 0 spiro atoms. The second kappa shape index (κ2) is 8.24. The minimum Gasteiger partial charge on any atom is -0.376 e. The highest BCUT2D eigenvalue weighted by Gasteiger charge is 2.23. The molecule has 0 unspecified atom stereocenters. The van der Waals surface area contributed by atoms with Gasteiger partial charge in [-0.2, -0.15) is 0 Å². The predicted molar refractivity (Wildman–Crippen MR) is 112 cm³/mol. The molecule has 1 fully saturated rings. The number of aromatic amines is 1. The number of piperidine rings is 1. The van der Waals surface area contributed by atoms with Crippen LogP contribution in [0.1, 0.15) is 12.8 Å². The first kappa shape index (κ1) is 18.8. The third-order valence-corrected chi connectivity index (χ3v) is 5.17. The number of nitrogens with zero attached hydrogens (tertiary/aromatic N) is 3. The normalized spacial score (nSPS) is 16.9. The first-order valence-corrected chi connectivity index (χ1v) is 9.86. The van der Waals surface area contributed by atoms with E-state index >= 15 is 0 Å². The van der Waals surface area contributed by atoms with Gasteiger partial charge in [0.05, 0.1) is 11.9 Å². The molecular formula is C19H20Cl2N6O. The third kappa shape index (κ3) is 4.31. The zero-order valence-corrected chi connectivity index (χ0v) is 16.6. The zero-order chi connectivity index (χ0) is 19.5. The Morgan fingerprint density at radius 2 is 2.07 bits per heavy atom. The number of anilines is 2. The van der Waals surface area contributed by atoms with E-state index in [4.69, 9.17) is 23.2 Å². The van der Waals surface area contributed by atoms with E-state index in [0.717, 1.165) is 36.2 Å². The number of aromatic nitrogens is 3. The van der Waals surface area contributed by atoms with Crippen molar-refractivity contribution in [1.82, 2.24) is 20.3 Å². The summed E-state index contributed by atoms with van der Waals surface area (Å²) in [4.78, 5) is 26.4. The van der Waals surface area contributed by atoms with E-state index in [1.807, 2.05) is 12.3 Å². The molecule has 4 rings (SSSR count). The number of nitrogens with one attached hydrogen (secondary N) is 3. The Balaban J connectivity index is 1.36. The lowest BCUT2D eigenvalue weighted by atomic mass is 10.1. The van der Waals surface area contributed by atoms with E-state index < -0.39 is 0 Å². The molecule has 3 N–H and O–H groups in total. The summed E-state index contributed by atoms with van der Waals surface area (Å²) in [6.45, 7) is 1.78. The Labute approximate surface area is 172 Å². The first-order chi connectivity index (χ1) is 13.6. The fourth-order valence-electron chi connectivity index (χ4n) is 3.51. The number of hydrogen-bond donors (Lipinski definition) is 3. The van der Waals surface area contributed by atoms with E-state index in [9.17, 15) is 4.79 Å². The van der Waals surface area contributed by atoms with Gasteiger partial charge in [-0.25, -0.2) is 9.97 Å². The van der Waals surface area contributed by atoms with Crippen LogP contribution in [0.2, 0.25) is 10.0 Å². The van der Waals surface area contributed by atoms with Crippen molar-refractivity contribution in [3.05, 3.63) is 46.8 Å². The van der Waals surface area contributed by atoms with E-state index in [2.05, 4.69) is 30.5 Å². The molecule has 1 saturated heterocycles. The molecule has 2 aromatic heterocycles. The van der Waals surface area contributed by atoms with Crippen LogP contribution in [0.4, 0.5) is 11.5 Å². The van der Waals surface area contributed by atoms with Crippen LogP contribution >= 0.6 is 23.2 Å². The van der Waals surface area contributed by atoms with Crippen LogP contribution in [0.25, 0.3) is 11.0 Å². The number of H-pyrrole nitrogens is 1.